The Hall–Kier alpha value is -2.03. The minimum atomic E-state index is -3.86. The van der Waals surface area contributed by atoms with Gasteiger partial charge in [-0.25, -0.2) is 8.42 Å². The van der Waals surface area contributed by atoms with Gasteiger partial charge in [0, 0.05) is 6.54 Å². The Balaban J connectivity index is 2.09. The van der Waals surface area contributed by atoms with Gasteiger partial charge < -0.3 is 14.5 Å². The number of sulfonamides is 1. The third kappa shape index (κ3) is 5.00. The van der Waals surface area contributed by atoms with Crippen LogP contribution in [0, 0.1) is 0 Å². The number of likely N-dealkylation sites (N-methyl/N-ethyl adjacent to an activating group) is 1. The van der Waals surface area contributed by atoms with Gasteiger partial charge in [-0.05, 0) is 37.3 Å². The van der Waals surface area contributed by atoms with Crippen molar-refractivity contribution in [3.63, 3.8) is 0 Å². The van der Waals surface area contributed by atoms with Gasteiger partial charge in [-0.1, -0.05) is 18.5 Å². The summed E-state index contributed by atoms with van der Waals surface area (Å²) >= 11 is 6.08. The normalized spacial score (nSPS) is 11.5. The summed E-state index contributed by atoms with van der Waals surface area (Å²) in [5.74, 6) is 0.568. The fourth-order valence-electron chi connectivity index (χ4n) is 2.25. The van der Waals surface area contributed by atoms with Gasteiger partial charge in [0.1, 0.15) is 11.5 Å². The second-order valence-electron chi connectivity index (χ2n) is 5.31. The van der Waals surface area contributed by atoms with Crippen LogP contribution < -0.4 is 10.1 Å². The van der Waals surface area contributed by atoms with E-state index in [-0.39, 0.29) is 29.6 Å². The lowest BCUT2D eigenvalue weighted by Crippen LogP contribution is -2.40. The molecule has 2 rings (SSSR count). The van der Waals surface area contributed by atoms with Crippen LogP contribution >= 0.6 is 11.6 Å². The predicted octanol–water partition coefficient (Wildman–Crippen LogP) is 2.66. The Morgan fingerprint density at radius 2 is 2.08 bits per heavy atom. The lowest BCUT2D eigenvalue weighted by Gasteiger charge is -2.20. The lowest BCUT2D eigenvalue weighted by molar-refractivity contribution is -0.121. The molecule has 0 radical (unpaired) electrons. The summed E-state index contributed by atoms with van der Waals surface area (Å²) in [7, 11) is -3.86. The highest BCUT2D eigenvalue weighted by molar-refractivity contribution is 7.89. The van der Waals surface area contributed by atoms with Crippen LogP contribution in [0.2, 0.25) is 5.02 Å². The fourth-order valence-corrected chi connectivity index (χ4v) is 3.98. The van der Waals surface area contributed by atoms with Crippen LogP contribution in [-0.2, 0) is 21.4 Å². The zero-order valence-corrected chi connectivity index (χ0v) is 16.1. The van der Waals surface area contributed by atoms with E-state index in [4.69, 9.17) is 20.8 Å². The summed E-state index contributed by atoms with van der Waals surface area (Å²) in [5, 5.41) is 2.83. The molecule has 1 heterocycles. The van der Waals surface area contributed by atoms with Crippen molar-refractivity contribution in [2.75, 3.05) is 19.7 Å². The molecule has 1 aromatic heterocycles. The van der Waals surface area contributed by atoms with E-state index < -0.39 is 15.9 Å². The van der Waals surface area contributed by atoms with Crippen molar-refractivity contribution in [2.45, 2.75) is 25.3 Å². The number of amides is 1. The quantitative estimate of drug-likeness (QED) is 0.699. The second kappa shape index (κ2) is 9.07. The van der Waals surface area contributed by atoms with Gasteiger partial charge in [-0.3, -0.25) is 4.79 Å². The molecule has 0 saturated carbocycles. The van der Waals surface area contributed by atoms with Crippen LogP contribution in [0.1, 0.15) is 19.6 Å². The second-order valence-corrected chi connectivity index (χ2v) is 7.66. The maximum atomic E-state index is 12.8. The summed E-state index contributed by atoms with van der Waals surface area (Å²) in [6, 6.07) is 7.67. The number of furan rings is 1. The van der Waals surface area contributed by atoms with Crippen LogP contribution in [-0.4, -0.2) is 38.3 Å². The van der Waals surface area contributed by atoms with Crippen molar-refractivity contribution in [3.8, 4) is 5.75 Å². The van der Waals surface area contributed by atoms with Gasteiger partial charge >= 0.3 is 0 Å². The molecule has 0 fully saturated rings. The number of ether oxygens (including phenoxy) is 1. The predicted molar refractivity (Wildman–Crippen MR) is 97.6 cm³/mol. The molecule has 0 aliphatic rings. The van der Waals surface area contributed by atoms with E-state index in [1.807, 2.05) is 0 Å². The molecular formula is C17H21ClN2O5S. The Labute approximate surface area is 157 Å². The van der Waals surface area contributed by atoms with E-state index in [0.29, 0.717) is 18.1 Å². The first-order valence-electron chi connectivity index (χ1n) is 8.10. The van der Waals surface area contributed by atoms with E-state index in [0.717, 1.165) is 4.31 Å². The molecule has 0 atom stereocenters. The number of nitrogens with zero attached hydrogens (tertiary/aromatic N) is 1. The number of nitrogens with one attached hydrogen (secondary N) is 1. The van der Waals surface area contributed by atoms with Crippen LogP contribution in [0.25, 0.3) is 0 Å². The SMILES string of the molecule is CCOc1ccc(S(=O)(=O)N(CC)CC(=O)NCc2ccco2)cc1Cl. The first kappa shape index (κ1) is 20.3. The van der Waals surface area contributed by atoms with Gasteiger partial charge in [0.2, 0.25) is 15.9 Å². The Morgan fingerprint density at radius 3 is 2.65 bits per heavy atom. The molecule has 0 aliphatic carbocycles. The minimum absolute atomic E-state index is 0.00615. The average molecular weight is 401 g/mol. The fraction of sp³-hybridized carbons (Fsp3) is 0.353. The number of carbonyl (C=O) groups is 1. The smallest absolute Gasteiger partial charge is 0.243 e. The van der Waals surface area contributed by atoms with Gasteiger partial charge in [-0.15, -0.1) is 0 Å². The minimum Gasteiger partial charge on any atom is -0.492 e. The van der Waals surface area contributed by atoms with Crippen molar-refractivity contribution in [1.29, 1.82) is 0 Å². The molecule has 1 aromatic carbocycles. The monoisotopic (exact) mass is 400 g/mol. The van der Waals surface area contributed by atoms with Crippen LogP contribution in [0.5, 0.6) is 5.75 Å². The van der Waals surface area contributed by atoms with Crippen LogP contribution in [0.3, 0.4) is 0 Å². The molecule has 0 bridgehead atoms. The third-order valence-corrected chi connectivity index (χ3v) is 5.77. The highest BCUT2D eigenvalue weighted by atomic mass is 35.5. The molecule has 0 saturated heterocycles. The molecule has 142 valence electrons. The zero-order valence-electron chi connectivity index (χ0n) is 14.6. The Kier molecular flexibility index (Phi) is 7.07. The number of rotatable bonds is 9. The van der Waals surface area contributed by atoms with Crippen molar-refractivity contribution in [1.82, 2.24) is 9.62 Å². The maximum absolute atomic E-state index is 12.8. The van der Waals surface area contributed by atoms with Gasteiger partial charge in [0.05, 0.1) is 35.9 Å². The van der Waals surface area contributed by atoms with Crippen molar-refractivity contribution in [2.24, 2.45) is 0 Å². The average Bonchev–Trinajstić information content (AvgIpc) is 3.13. The number of benzene rings is 1. The number of carbonyl (C=O) groups excluding carboxylic acids is 1. The molecule has 9 heteroatoms. The third-order valence-electron chi connectivity index (χ3n) is 3.55. The number of hydrogen-bond acceptors (Lipinski definition) is 5. The lowest BCUT2D eigenvalue weighted by atomic mass is 10.3. The van der Waals surface area contributed by atoms with Crippen LogP contribution in [0.15, 0.2) is 45.9 Å². The Morgan fingerprint density at radius 1 is 1.31 bits per heavy atom. The summed E-state index contributed by atoms with van der Waals surface area (Å²) in [5.41, 5.74) is 0. The molecule has 1 amide bonds. The van der Waals surface area contributed by atoms with Gasteiger partial charge in [-0.2, -0.15) is 4.31 Å². The molecule has 7 nitrogen and oxygen atoms in total. The van der Waals surface area contributed by atoms with E-state index >= 15 is 0 Å². The first-order valence-corrected chi connectivity index (χ1v) is 9.91. The summed E-state index contributed by atoms with van der Waals surface area (Å²) in [6.07, 6.45) is 1.50. The Bertz CT molecular complexity index is 837. The van der Waals surface area contributed by atoms with Crippen molar-refractivity contribution >= 4 is 27.5 Å². The summed E-state index contributed by atoms with van der Waals surface area (Å²) in [6.45, 7) is 3.92. The van der Waals surface area contributed by atoms with E-state index in [1.54, 1.807) is 26.0 Å². The van der Waals surface area contributed by atoms with E-state index in [9.17, 15) is 13.2 Å². The molecule has 26 heavy (non-hydrogen) atoms. The maximum Gasteiger partial charge on any atom is 0.243 e. The van der Waals surface area contributed by atoms with E-state index in [1.165, 1.54) is 24.5 Å². The largest absolute Gasteiger partial charge is 0.492 e. The molecule has 0 spiro atoms. The first-order chi connectivity index (χ1) is 12.4. The zero-order chi connectivity index (χ0) is 19.2. The summed E-state index contributed by atoms with van der Waals surface area (Å²) in [4.78, 5) is 12.1. The molecular weight excluding hydrogens is 380 g/mol. The molecule has 0 unspecified atom stereocenters. The van der Waals surface area contributed by atoms with Crippen molar-refractivity contribution in [3.05, 3.63) is 47.4 Å². The topological polar surface area (TPSA) is 88.9 Å². The van der Waals surface area contributed by atoms with Crippen molar-refractivity contribution < 1.29 is 22.4 Å². The van der Waals surface area contributed by atoms with Gasteiger partial charge in [0.15, 0.2) is 0 Å². The summed E-state index contributed by atoms with van der Waals surface area (Å²) < 4.78 is 37.1. The highest BCUT2D eigenvalue weighted by Gasteiger charge is 2.26. The highest BCUT2D eigenvalue weighted by Crippen LogP contribution is 2.28. The van der Waals surface area contributed by atoms with Gasteiger partial charge in [0.25, 0.3) is 0 Å². The number of halogens is 1. The number of hydrogen-bond donors (Lipinski definition) is 1. The molecule has 0 aliphatic heterocycles. The van der Waals surface area contributed by atoms with Crippen LogP contribution in [0.4, 0.5) is 0 Å². The molecule has 1 N–H and O–H groups in total. The standard InChI is InChI=1S/C17H21ClN2O5S/c1-3-20(12-17(21)19-11-13-6-5-9-25-13)26(22,23)14-7-8-16(24-4-2)15(18)10-14/h5-10H,3-4,11-12H2,1-2H3,(H,19,21). The molecule has 2 aromatic rings. The van der Waals surface area contributed by atoms with E-state index in [2.05, 4.69) is 5.32 Å².